The number of fused-ring (bicyclic) bond motifs is 1. The molecule has 0 aliphatic carbocycles. The molecule has 6 nitrogen and oxygen atoms in total. The normalized spacial score (nSPS) is 17.9. The van der Waals surface area contributed by atoms with Crippen molar-refractivity contribution in [3.8, 4) is 11.5 Å². The molecule has 1 unspecified atom stereocenters. The summed E-state index contributed by atoms with van der Waals surface area (Å²) in [5.41, 5.74) is 2.11. The molecule has 6 heteroatoms. The van der Waals surface area contributed by atoms with E-state index in [-0.39, 0.29) is 6.04 Å². The first kappa shape index (κ1) is 11.4. The van der Waals surface area contributed by atoms with Gasteiger partial charge in [0.2, 0.25) is 0 Å². The van der Waals surface area contributed by atoms with E-state index in [4.69, 9.17) is 0 Å². The predicted octanol–water partition coefficient (Wildman–Crippen LogP) is 1.36. The molecule has 1 aromatic carbocycles. The second-order valence-electron chi connectivity index (χ2n) is 4.80. The fraction of sp³-hybridized carbons (Fsp3) is 0.214. The van der Waals surface area contributed by atoms with Crippen molar-refractivity contribution in [1.82, 2.24) is 30.3 Å². The quantitative estimate of drug-likeness (QED) is 0.734. The lowest BCUT2D eigenvalue weighted by Gasteiger charge is -2.25. The first-order valence-corrected chi connectivity index (χ1v) is 6.64. The Balaban J connectivity index is 1.80. The summed E-state index contributed by atoms with van der Waals surface area (Å²) in [7, 11) is 0. The molecule has 0 radical (unpaired) electrons. The lowest BCUT2D eigenvalue weighted by atomic mass is 10.0. The minimum absolute atomic E-state index is 0.0918. The maximum atomic E-state index is 4.37. The number of hydrogen-bond acceptors (Lipinski definition) is 4. The maximum Gasteiger partial charge on any atom is 0.182 e. The molecule has 100 valence electrons. The zero-order valence-corrected chi connectivity index (χ0v) is 10.8. The minimum Gasteiger partial charge on any atom is -0.307 e. The van der Waals surface area contributed by atoms with Crippen LogP contribution in [0.5, 0.6) is 0 Å². The smallest absolute Gasteiger partial charge is 0.182 e. The molecular weight excluding hydrogens is 252 g/mol. The van der Waals surface area contributed by atoms with Crippen LogP contribution in [0, 0.1) is 0 Å². The molecule has 1 aliphatic heterocycles. The minimum atomic E-state index is 0.0918. The molecule has 0 fully saturated rings. The Labute approximate surface area is 115 Å². The summed E-state index contributed by atoms with van der Waals surface area (Å²) in [6, 6.07) is 12.3. The SMILES string of the molecule is c1ccc(C2NCCn3c(-c4ccn[nH]4)nnc32)cc1. The Morgan fingerprint density at radius 3 is 2.80 bits per heavy atom. The summed E-state index contributed by atoms with van der Waals surface area (Å²) in [5, 5.41) is 19.1. The average Bonchev–Trinajstić information content (AvgIpc) is 3.16. The molecule has 2 N–H and O–H groups in total. The number of nitrogens with one attached hydrogen (secondary N) is 2. The van der Waals surface area contributed by atoms with Gasteiger partial charge in [-0.05, 0) is 11.6 Å². The highest BCUT2D eigenvalue weighted by molar-refractivity contribution is 5.49. The number of hydrogen-bond donors (Lipinski definition) is 2. The first-order chi connectivity index (χ1) is 9.93. The molecule has 0 spiro atoms. The van der Waals surface area contributed by atoms with Gasteiger partial charge in [0.1, 0.15) is 5.69 Å². The second kappa shape index (κ2) is 4.57. The Morgan fingerprint density at radius 1 is 1.10 bits per heavy atom. The standard InChI is InChI=1S/C14H14N6/c1-2-4-10(5-3-1)12-14-19-18-13(11-6-7-16-17-11)20(14)9-8-15-12/h1-7,12,15H,8-9H2,(H,16,17). The van der Waals surface area contributed by atoms with Gasteiger partial charge in [0, 0.05) is 19.3 Å². The molecule has 1 atom stereocenters. The number of aromatic amines is 1. The summed E-state index contributed by atoms with van der Waals surface area (Å²) in [6.07, 6.45) is 1.73. The van der Waals surface area contributed by atoms with Crippen LogP contribution in [-0.4, -0.2) is 31.5 Å². The van der Waals surface area contributed by atoms with Crippen LogP contribution in [-0.2, 0) is 6.54 Å². The number of aromatic nitrogens is 5. The summed E-state index contributed by atoms with van der Waals surface area (Å²) in [6.45, 7) is 1.76. The Bertz CT molecular complexity index is 701. The Morgan fingerprint density at radius 2 is 2.00 bits per heavy atom. The summed E-state index contributed by atoms with van der Waals surface area (Å²) in [4.78, 5) is 0. The van der Waals surface area contributed by atoms with E-state index < -0.39 is 0 Å². The molecule has 3 aromatic rings. The van der Waals surface area contributed by atoms with Crippen molar-refractivity contribution < 1.29 is 0 Å². The second-order valence-corrected chi connectivity index (χ2v) is 4.80. The van der Waals surface area contributed by atoms with E-state index in [0.717, 1.165) is 30.4 Å². The van der Waals surface area contributed by atoms with Crippen molar-refractivity contribution in [2.75, 3.05) is 6.54 Å². The van der Waals surface area contributed by atoms with Gasteiger partial charge in [-0.2, -0.15) is 5.10 Å². The van der Waals surface area contributed by atoms with Gasteiger partial charge in [-0.15, -0.1) is 10.2 Å². The van der Waals surface area contributed by atoms with E-state index in [9.17, 15) is 0 Å². The van der Waals surface area contributed by atoms with Crippen LogP contribution in [0.4, 0.5) is 0 Å². The highest BCUT2D eigenvalue weighted by Gasteiger charge is 2.26. The third kappa shape index (κ3) is 1.73. The summed E-state index contributed by atoms with van der Waals surface area (Å²) >= 11 is 0. The van der Waals surface area contributed by atoms with Gasteiger partial charge < -0.3 is 9.88 Å². The third-order valence-corrected chi connectivity index (χ3v) is 3.60. The number of nitrogens with zero attached hydrogens (tertiary/aromatic N) is 4. The van der Waals surface area contributed by atoms with Gasteiger partial charge in [-0.1, -0.05) is 30.3 Å². The fourth-order valence-corrected chi connectivity index (χ4v) is 2.65. The Hall–Kier alpha value is -2.47. The van der Waals surface area contributed by atoms with Crippen molar-refractivity contribution >= 4 is 0 Å². The van der Waals surface area contributed by atoms with E-state index in [0.29, 0.717) is 0 Å². The van der Waals surface area contributed by atoms with Gasteiger partial charge in [0.05, 0.1) is 6.04 Å². The lowest BCUT2D eigenvalue weighted by molar-refractivity contribution is 0.457. The molecule has 0 saturated carbocycles. The molecule has 20 heavy (non-hydrogen) atoms. The van der Waals surface area contributed by atoms with Crippen molar-refractivity contribution in [1.29, 1.82) is 0 Å². The number of benzene rings is 1. The van der Waals surface area contributed by atoms with Crippen LogP contribution < -0.4 is 5.32 Å². The summed E-state index contributed by atoms with van der Waals surface area (Å²) < 4.78 is 2.15. The van der Waals surface area contributed by atoms with Gasteiger partial charge in [0.15, 0.2) is 11.6 Å². The predicted molar refractivity (Wildman–Crippen MR) is 73.9 cm³/mol. The van der Waals surface area contributed by atoms with Gasteiger partial charge in [-0.3, -0.25) is 5.10 Å². The lowest BCUT2D eigenvalue weighted by Crippen LogP contribution is -2.34. The topological polar surface area (TPSA) is 71.4 Å². The van der Waals surface area contributed by atoms with Crippen molar-refractivity contribution in [2.24, 2.45) is 0 Å². The molecule has 4 rings (SSSR count). The molecule has 1 aliphatic rings. The van der Waals surface area contributed by atoms with E-state index in [2.05, 4.69) is 42.4 Å². The maximum absolute atomic E-state index is 4.37. The van der Waals surface area contributed by atoms with E-state index >= 15 is 0 Å². The molecular formula is C14H14N6. The van der Waals surface area contributed by atoms with Gasteiger partial charge >= 0.3 is 0 Å². The molecule has 0 bridgehead atoms. The van der Waals surface area contributed by atoms with Crippen LogP contribution in [0.2, 0.25) is 0 Å². The fourth-order valence-electron chi connectivity index (χ4n) is 2.65. The highest BCUT2D eigenvalue weighted by atomic mass is 15.3. The van der Waals surface area contributed by atoms with Crippen LogP contribution in [0.3, 0.4) is 0 Å². The van der Waals surface area contributed by atoms with E-state index in [1.165, 1.54) is 5.56 Å². The number of rotatable bonds is 2. The van der Waals surface area contributed by atoms with Gasteiger partial charge in [0.25, 0.3) is 0 Å². The third-order valence-electron chi connectivity index (χ3n) is 3.60. The van der Waals surface area contributed by atoms with Crippen molar-refractivity contribution in [2.45, 2.75) is 12.6 Å². The molecule has 2 aromatic heterocycles. The van der Waals surface area contributed by atoms with Crippen molar-refractivity contribution in [3.05, 3.63) is 54.0 Å². The monoisotopic (exact) mass is 266 g/mol. The summed E-state index contributed by atoms with van der Waals surface area (Å²) in [5.74, 6) is 1.80. The van der Waals surface area contributed by atoms with Crippen LogP contribution in [0.15, 0.2) is 42.6 Å². The van der Waals surface area contributed by atoms with E-state index in [1.807, 2.05) is 24.3 Å². The first-order valence-electron chi connectivity index (χ1n) is 6.64. The Kier molecular flexibility index (Phi) is 2.60. The van der Waals surface area contributed by atoms with Crippen LogP contribution in [0.1, 0.15) is 17.4 Å². The highest BCUT2D eigenvalue weighted by Crippen LogP contribution is 2.26. The van der Waals surface area contributed by atoms with Crippen molar-refractivity contribution in [3.63, 3.8) is 0 Å². The molecule has 0 saturated heterocycles. The largest absolute Gasteiger partial charge is 0.307 e. The molecule has 3 heterocycles. The van der Waals surface area contributed by atoms with E-state index in [1.54, 1.807) is 6.20 Å². The zero-order valence-electron chi connectivity index (χ0n) is 10.8. The van der Waals surface area contributed by atoms with Gasteiger partial charge in [-0.25, -0.2) is 0 Å². The molecule has 0 amide bonds. The zero-order chi connectivity index (χ0) is 13.4. The number of H-pyrrole nitrogens is 1. The average molecular weight is 266 g/mol. The van der Waals surface area contributed by atoms with Crippen LogP contribution in [0.25, 0.3) is 11.5 Å². The van der Waals surface area contributed by atoms with Crippen LogP contribution >= 0.6 is 0 Å².